The molecule has 1 fully saturated rings. The average Bonchev–Trinajstić information content (AvgIpc) is 2.40. The lowest BCUT2D eigenvalue weighted by Crippen LogP contribution is -2.37. The zero-order valence-electron chi connectivity index (χ0n) is 11.4. The van der Waals surface area contributed by atoms with Gasteiger partial charge in [-0.1, -0.05) is 13.0 Å². The van der Waals surface area contributed by atoms with Crippen LogP contribution in [0.25, 0.3) is 0 Å². The molecule has 1 heterocycles. The Morgan fingerprint density at radius 3 is 2.74 bits per heavy atom. The lowest BCUT2D eigenvalue weighted by atomic mass is 9.98. The molecule has 4 nitrogen and oxygen atoms in total. The van der Waals surface area contributed by atoms with Gasteiger partial charge >= 0.3 is 0 Å². The fraction of sp³-hybridized carbons (Fsp3) is 0.533. The number of aromatic hydroxyl groups is 1. The highest BCUT2D eigenvalue weighted by atomic mass is 16.3. The van der Waals surface area contributed by atoms with Crippen molar-refractivity contribution in [2.24, 2.45) is 5.92 Å². The number of anilines is 1. The molecule has 0 aromatic heterocycles. The number of piperidine rings is 1. The summed E-state index contributed by atoms with van der Waals surface area (Å²) < 4.78 is 0. The molecule has 1 aromatic rings. The van der Waals surface area contributed by atoms with Crippen molar-refractivity contribution in [2.75, 3.05) is 18.8 Å². The van der Waals surface area contributed by atoms with Gasteiger partial charge in [0.15, 0.2) is 0 Å². The van der Waals surface area contributed by atoms with E-state index in [9.17, 15) is 9.90 Å². The van der Waals surface area contributed by atoms with E-state index in [1.807, 2.05) is 11.0 Å². The van der Waals surface area contributed by atoms with Gasteiger partial charge in [0.25, 0.3) is 0 Å². The molecule has 19 heavy (non-hydrogen) atoms. The first kappa shape index (κ1) is 13.7. The van der Waals surface area contributed by atoms with Crippen molar-refractivity contribution in [1.82, 2.24) is 4.90 Å². The molecule has 0 spiro atoms. The molecule has 0 aliphatic carbocycles. The van der Waals surface area contributed by atoms with Crippen LogP contribution in [0.1, 0.15) is 31.7 Å². The highest BCUT2D eigenvalue weighted by molar-refractivity contribution is 5.76. The second kappa shape index (κ2) is 5.95. The molecule has 1 aromatic carbocycles. The number of carbonyl (C=O) groups is 1. The summed E-state index contributed by atoms with van der Waals surface area (Å²) >= 11 is 0. The molecule has 0 unspecified atom stereocenters. The Hall–Kier alpha value is -1.71. The minimum Gasteiger partial charge on any atom is -0.506 e. The second-order valence-corrected chi connectivity index (χ2v) is 5.46. The van der Waals surface area contributed by atoms with Crippen molar-refractivity contribution in [3.05, 3.63) is 23.8 Å². The first-order valence-corrected chi connectivity index (χ1v) is 6.91. The lowest BCUT2D eigenvalue weighted by molar-refractivity contribution is -0.132. The van der Waals surface area contributed by atoms with Crippen LogP contribution in [0.2, 0.25) is 0 Å². The number of phenolic OH excluding ortho intramolecular Hbond substituents is 1. The van der Waals surface area contributed by atoms with Gasteiger partial charge in [-0.3, -0.25) is 4.79 Å². The van der Waals surface area contributed by atoms with Crippen molar-refractivity contribution in [1.29, 1.82) is 0 Å². The minimum absolute atomic E-state index is 0.0973. The normalized spacial score (nSPS) is 16.6. The van der Waals surface area contributed by atoms with E-state index in [1.54, 1.807) is 12.1 Å². The number of hydrogen-bond acceptors (Lipinski definition) is 3. The van der Waals surface area contributed by atoms with Crippen LogP contribution >= 0.6 is 0 Å². The topological polar surface area (TPSA) is 66.6 Å². The highest BCUT2D eigenvalue weighted by Crippen LogP contribution is 2.22. The van der Waals surface area contributed by atoms with Crippen molar-refractivity contribution >= 4 is 11.6 Å². The summed E-state index contributed by atoms with van der Waals surface area (Å²) in [5, 5.41) is 9.35. The Kier molecular flexibility index (Phi) is 4.30. The maximum atomic E-state index is 12.1. The number of nitrogens with zero attached hydrogens (tertiary/aromatic N) is 1. The third-order valence-electron chi connectivity index (χ3n) is 3.86. The number of hydrogen-bond donors (Lipinski definition) is 2. The van der Waals surface area contributed by atoms with Crippen molar-refractivity contribution in [2.45, 2.75) is 32.6 Å². The van der Waals surface area contributed by atoms with Crippen molar-refractivity contribution in [3.63, 3.8) is 0 Å². The van der Waals surface area contributed by atoms with E-state index >= 15 is 0 Å². The second-order valence-electron chi connectivity index (χ2n) is 5.46. The van der Waals surface area contributed by atoms with E-state index in [-0.39, 0.29) is 11.7 Å². The number of phenols is 1. The molecular weight excluding hydrogens is 240 g/mol. The first-order chi connectivity index (χ1) is 9.06. The van der Waals surface area contributed by atoms with Gasteiger partial charge in [-0.2, -0.15) is 0 Å². The fourth-order valence-corrected chi connectivity index (χ4v) is 2.43. The Morgan fingerprint density at radius 2 is 2.11 bits per heavy atom. The Bertz CT molecular complexity index is 451. The Balaban J connectivity index is 1.84. The van der Waals surface area contributed by atoms with Gasteiger partial charge in [-0.25, -0.2) is 0 Å². The number of aryl methyl sites for hydroxylation is 1. The maximum Gasteiger partial charge on any atom is 0.222 e. The van der Waals surface area contributed by atoms with E-state index in [2.05, 4.69) is 6.92 Å². The van der Waals surface area contributed by atoms with Crippen LogP contribution in [-0.2, 0) is 11.2 Å². The number of rotatable bonds is 3. The van der Waals surface area contributed by atoms with Crippen LogP contribution in [0.3, 0.4) is 0 Å². The standard InChI is InChI=1S/C15H22N2O2/c1-11-6-8-17(9-7-11)15(19)5-3-12-2-4-14(18)13(16)10-12/h2,4,10-11,18H,3,5-9,16H2,1H3. The van der Waals surface area contributed by atoms with Crippen molar-refractivity contribution < 1.29 is 9.90 Å². The summed E-state index contributed by atoms with van der Waals surface area (Å²) in [4.78, 5) is 14.0. The van der Waals surface area contributed by atoms with E-state index < -0.39 is 0 Å². The molecule has 3 N–H and O–H groups in total. The van der Waals surface area contributed by atoms with Crippen LogP contribution in [0.4, 0.5) is 5.69 Å². The molecule has 1 aliphatic rings. The van der Waals surface area contributed by atoms with Gasteiger partial charge in [-0.05, 0) is 42.9 Å². The molecule has 1 saturated heterocycles. The SMILES string of the molecule is CC1CCN(C(=O)CCc2ccc(O)c(N)c2)CC1. The summed E-state index contributed by atoms with van der Waals surface area (Å²) in [7, 11) is 0. The molecule has 0 radical (unpaired) electrons. The molecule has 0 atom stereocenters. The Morgan fingerprint density at radius 1 is 1.42 bits per heavy atom. The number of amides is 1. The smallest absolute Gasteiger partial charge is 0.222 e. The zero-order valence-corrected chi connectivity index (χ0v) is 11.4. The first-order valence-electron chi connectivity index (χ1n) is 6.91. The molecule has 1 amide bonds. The number of nitrogen functional groups attached to an aromatic ring is 1. The largest absolute Gasteiger partial charge is 0.506 e. The van der Waals surface area contributed by atoms with Crippen LogP contribution in [-0.4, -0.2) is 29.0 Å². The van der Waals surface area contributed by atoms with Gasteiger partial charge in [-0.15, -0.1) is 0 Å². The predicted molar refractivity (Wildman–Crippen MR) is 75.8 cm³/mol. The number of carbonyl (C=O) groups excluding carboxylic acids is 1. The van der Waals surface area contributed by atoms with Crippen LogP contribution in [0, 0.1) is 5.92 Å². The highest BCUT2D eigenvalue weighted by Gasteiger charge is 2.19. The third kappa shape index (κ3) is 3.63. The van der Waals surface area contributed by atoms with E-state index in [0.29, 0.717) is 18.5 Å². The van der Waals surface area contributed by atoms with Crippen LogP contribution < -0.4 is 5.73 Å². The number of likely N-dealkylation sites (tertiary alicyclic amines) is 1. The van der Waals surface area contributed by atoms with Crippen molar-refractivity contribution in [3.8, 4) is 5.75 Å². The van der Waals surface area contributed by atoms with E-state index in [4.69, 9.17) is 5.73 Å². The van der Waals surface area contributed by atoms with Gasteiger partial charge < -0.3 is 15.7 Å². The average molecular weight is 262 g/mol. The maximum absolute atomic E-state index is 12.1. The van der Waals surface area contributed by atoms with Gasteiger partial charge in [0, 0.05) is 19.5 Å². The number of nitrogens with two attached hydrogens (primary N) is 1. The van der Waals surface area contributed by atoms with Crippen LogP contribution in [0.5, 0.6) is 5.75 Å². The summed E-state index contributed by atoms with van der Waals surface area (Å²) in [5.41, 5.74) is 7.01. The molecule has 0 saturated carbocycles. The molecule has 1 aliphatic heterocycles. The minimum atomic E-state index is 0.0973. The molecule has 4 heteroatoms. The summed E-state index contributed by atoms with van der Waals surface area (Å²) in [6.45, 7) is 4.01. The zero-order chi connectivity index (χ0) is 13.8. The molecular formula is C15H22N2O2. The van der Waals surface area contributed by atoms with E-state index in [0.717, 1.165) is 37.4 Å². The monoisotopic (exact) mass is 262 g/mol. The molecule has 0 bridgehead atoms. The van der Waals surface area contributed by atoms with Crippen LogP contribution in [0.15, 0.2) is 18.2 Å². The quantitative estimate of drug-likeness (QED) is 0.648. The third-order valence-corrected chi connectivity index (χ3v) is 3.86. The molecule has 2 rings (SSSR count). The van der Waals surface area contributed by atoms with Gasteiger partial charge in [0.05, 0.1) is 5.69 Å². The summed E-state index contributed by atoms with van der Waals surface area (Å²) in [6.07, 6.45) is 3.41. The lowest BCUT2D eigenvalue weighted by Gasteiger charge is -2.30. The number of benzene rings is 1. The summed E-state index contributed by atoms with van der Waals surface area (Å²) in [6, 6.07) is 5.13. The fourth-order valence-electron chi connectivity index (χ4n) is 2.43. The molecule has 104 valence electrons. The summed E-state index contributed by atoms with van der Waals surface area (Å²) in [5.74, 6) is 1.06. The predicted octanol–water partition coefficient (Wildman–Crippen LogP) is 2.17. The van der Waals surface area contributed by atoms with Gasteiger partial charge in [0.1, 0.15) is 5.75 Å². The van der Waals surface area contributed by atoms with Gasteiger partial charge in [0.2, 0.25) is 5.91 Å². The Labute approximate surface area is 114 Å². The van der Waals surface area contributed by atoms with E-state index in [1.165, 1.54) is 0 Å².